The molecule has 0 bridgehead atoms. The normalized spacial score (nSPS) is 11.3. The van der Waals surface area contributed by atoms with Crippen molar-refractivity contribution in [3.63, 3.8) is 0 Å². The van der Waals surface area contributed by atoms with Gasteiger partial charge in [0.1, 0.15) is 4.21 Å². The molecule has 0 spiro atoms. The lowest BCUT2D eigenvalue weighted by Crippen LogP contribution is -2.27. The van der Waals surface area contributed by atoms with Crippen LogP contribution in [-0.4, -0.2) is 32.8 Å². The third-order valence-electron chi connectivity index (χ3n) is 3.39. The van der Waals surface area contributed by atoms with Gasteiger partial charge in [-0.3, -0.25) is 9.52 Å². The van der Waals surface area contributed by atoms with Crippen molar-refractivity contribution in [2.75, 3.05) is 18.3 Å². The van der Waals surface area contributed by atoms with Gasteiger partial charge in [0, 0.05) is 24.8 Å². The molecule has 0 atom stereocenters. The van der Waals surface area contributed by atoms with Crippen LogP contribution in [0, 0.1) is 0 Å². The second kappa shape index (κ2) is 8.00. The Morgan fingerprint density at radius 2 is 1.88 bits per heavy atom. The topological polar surface area (TPSA) is 66.5 Å². The van der Waals surface area contributed by atoms with Gasteiger partial charge in [0.25, 0.3) is 15.9 Å². The Balaban J connectivity index is 2.08. The number of nitrogens with one attached hydrogen (secondary N) is 1. The Morgan fingerprint density at radius 1 is 1.21 bits per heavy atom. The van der Waals surface area contributed by atoms with Gasteiger partial charge in [-0.1, -0.05) is 24.9 Å². The zero-order valence-corrected chi connectivity index (χ0v) is 15.8. The minimum Gasteiger partial charge on any atom is -0.342 e. The average Bonchev–Trinajstić information content (AvgIpc) is 3.00. The summed E-state index contributed by atoms with van der Waals surface area (Å²) in [6.45, 7) is 2.77. The molecular formula is C16H19ClN2O3S2. The van der Waals surface area contributed by atoms with E-state index in [0.29, 0.717) is 22.1 Å². The standard InChI is InChI=1S/C16H19ClN2O3S2/c1-3-4-11-19(2)16(20)12-5-7-13(8-6-12)18-24(21,22)15-10-9-14(17)23-15/h5-10,18H,3-4,11H2,1-2H3. The first-order valence-electron chi connectivity index (χ1n) is 7.47. The molecule has 0 saturated carbocycles. The van der Waals surface area contributed by atoms with Crippen LogP contribution in [0.1, 0.15) is 30.1 Å². The van der Waals surface area contributed by atoms with E-state index in [4.69, 9.17) is 11.6 Å². The van der Waals surface area contributed by atoms with Crippen LogP contribution in [0.4, 0.5) is 5.69 Å². The van der Waals surface area contributed by atoms with E-state index >= 15 is 0 Å². The zero-order valence-electron chi connectivity index (χ0n) is 13.5. The van der Waals surface area contributed by atoms with Crippen molar-refractivity contribution in [3.8, 4) is 0 Å². The molecule has 5 nitrogen and oxygen atoms in total. The number of thiophene rings is 1. The molecule has 8 heteroatoms. The van der Waals surface area contributed by atoms with Gasteiger partial charge in [-0.25, -0.2) is 8.42 Å². The van der Waals surface area contributed by atoms with Crippen LogP contribution in [0.5, 0.6) is 0 Å². The summed E-state index contributed by atoms with van der Waals surface area (Å²) in [5, 5.41) is 0. The number of unbranched alkanes of at least 4 members (excludes halogenated alkanes) is 1. The molecule has 0 fully saturated rings. The lowest BCUT2D eigenvalue weighted by Gasteiger charge is -2.17. The zero-order chi connectivity index (χ0) is 17.7. The molecule has 0 aliphatic rings. The number of nitrogens with zero attached hydrogens (tertiary/aromatic N) is 1. The second-order valence-electron chi connectivity index (χ2n) is 5.32. The third-order valence-corrected chi connectivity index (χ3v) is 6.50. The van der Waals surface area contributed by atoms with Crippen molar-refractivity contribution in [3.05, 3.63) is 46.3 Å². The molecule has 2 aromatic rings. The van der Waals surface area contributed by atoms with Crippen LogP contribution in [0.25, 0.3) is 0 Å². The number of halogens is 1. The first kappa shape index (κ1) is 18.8. The molecular weight excluding hydrogens is 368 g/mol. The molecule has 1 heterocycles. The summed E-state index contributed by atoms with van der Waals surface area (Å²) in [6.07, 6.45) is 1.97. The molecule has 2 rings (SSSR count). The van der Waals surface area contributed by atoms with E-state index in [0.717, 1.165) is 24.2 Å². The third kappa shape index (κ3) is 4.72. The second-order valence-corrected chi connectivity index (χ2v) is 8.95. The molecule has 1 aromatic carbocycles. The summed E-state index contributed by atoms with van der Waals surface area (Å²) >= 11 is 6.76. The van der Waals surface area contributed by atoms with Crippen LogP contribution in [-0.2, 0) is 10.0 Å². The van der Waals surface area contributed by atoms with E-state index in [1.54, 1.807) is 36.2 Å². The minimum atomic E-state index is -3.67. The molecule has 24 heavy (non-hydrogen) atoms. The summed E-state index contributed by atoms with van der Waals surface area (Å²) in [5.41, 5.74) is 0.919. The van der Waals surface area contributed by atoms with Crippen molar-refractivity contribution in [2.45, 2.75) is 24.0 Å². The van der Waals surface area contributed by atoms with Crippen molar-refractivity contribution < 1.29 is 13.2 Å². The van der Waals surface area contributed by atoms with Crippen LogP contribution in [0.3, 0.4) is 0 Å². The van der Waals surface area contributed by atoms with Crippen LogP contribution in [0.15, 0.2) is 40.6 Å². The highest BCUT2D eigenvalue weighted by Gasteiger charge is 2.17. The van der Waals surface area contributed by atoms with Gasteiger partial charge in [0.2, 0.25) is 0 Å². The lowest BCUT2D eigenvalue weighted by atomic mass is 10.2. The SMILES string of the molecule is CCCCN(C)C(=O)c1ccc(NS(=O)(=O)c2ccc(Cl)s2)cc1. The highest BCUT2D eigenvalue weighted by molar-refractivity contribution is 7.94. The number of amides is 1. The van der Waals surface area contributed by atoms with E-state index in [1.807, 2.05) is 0 Å². The summed E-state index contributed by atoms with van der Waals surface area (Å²) in [4.78, 5) is 13.9. The number of sulfonamides is 1. The van der Waals surface area contributed by atoms with Gasteiger partial charge in [0.05, 0.1) is 4.34 Å². The molecule has 0 aliphatic heterocycles. The molecule has 1 amide bonds. The number of hydrogen-bond donors (Lipinski definition) is 1. The minimum absolute atomic E-state index is 0.0807. The first-order chi connectivity index (χ1) is 11.3. The van der Waals surface area contributed by atoms with Gasteiger partial charge in [-0.05, 0) is 42.8 Å². The fourth-order valence-electron chi connectivity index (χ4n) is 2.05. The maximum absolute atomic E-state index is 12.2. The van der Waals surface area contributed by atoms with Gasteiger partial charge in [-0.2, -0.15) is 0 Å². The Hall–Kier alpha value is -1.57. The highest BCUT2D eigenvalue weighted by Crippen LogP contribution is 2.27. The number of anilines is 1. The molecule has 0 saturated heterocycles. The Morgan fingerprint density at radius 3 is 2.42 bits per heavy atom. The number of carbonyl (C=O) groups excluding carboxylic acids is 1. The monoisotopic (exact) mass is 386 g/mol. The van der Waals surface area contributed by atoms with E-state index in [-0.39, 0.29) is 10.1 Å². The van der Waals surface area contributed by atoms with E-state index in [9.17, 15) is 13.2 Å². The van der Waals surface area contributed by atoms with Crippen molar-refractivity contribution in [1.82, 2.24) is 4.90 Å². The Bertz CT molecular complexity index is 801. The average molecular weight is 387 g/mol. The van der Waals surface area contributed by atoms with E-state index in [2.05, 4.69) is 11.6 Å². The summed E-state index contributed by atoms with van der Waals surface area (Å²) in [7, 11) is -1.91. The van der Waals surface area contributed by atoms with Crippen molar-refractivity contribution in [1.29, 1.82) is 0 Å². The smallest absolute Gasteiger partial charge is 0.271 e. The molecule has 0 aliphatic carbocycles. The number of rotatable bonds is 7. The molecule has 130 valence electrons. The van der Waals surface area contributed by atoms with Gasteiger partial charge in [-0.15, -0.1) is 11.3 Å². The van der Waals surface area contributed by atoms with Crippen molar-refractivity contribution in [2.24, 2.45) is 0 Å². The van der Waals surface area contributed by atoms with Crippen LogP contribution in [0.2, 0.25) is 4.34 Å². The van der Waals surface area contributed by atoms with E-state index in [1.165, 1.54) is 12.1 Å². The summed E-state index contributed by atoms with van der Waals surface area (Å²) in [6, 6.07) is 9.37. The Kier molecular flexibility index (Phi) is 6.26. The molecule has 0 unspecified atom stereocenters. The fraction of sp³-hybridized carbons (Fsp3) is 0.312. The largest absolute Gasteiger partial charge is 0.342 e. The predicted molar refractivity (Wildman–Crippen MR) is 98.4 cm³/mol. The predicted octanol–water partition coefficient (Wildman–Crippen LogP) is 4.07. The Labute approximate surface area is 151 Å². The highest BCUT2D eigenvalue weighted by atomic mass is 35.5. The van der Waals surface area contributed by atoms with Crippen LogP contribution < -0.4 is 4.72 Å². The van der Waals surface area contributed by atoms with Crippen LogP contribution >= 0.6 is 22.9 Å². The number of hydrogen-bond acceptors (Lipinski definition) is 4. The quantitative estimate of drug-likeness (QED) is 0.779. The van der Waals surface area contributed by atoms with Gasteiger partial charge >= 0.3 is 0 Å². The maximum Gasteiger partial charge on any atom is 0.271 e. The summed E-state index contributed by atoms with van der Waals surface area (Å²) in [5.74, 6) is -0.0807. The van der Waals surface area contributed by atoms with Gasteiger partial charge in [0.15, 0.2) is 0 Å². The maximum atomic E-state index is 12.2. The lowest BCUT2D eigenvalue weighted by molar-refractivity contribution is 0.0793. The van der Waals surface area contributed by atoms with Crippen molar-refractivity contribution >= 4 is 44.6 Å². The molecule has 0 radical (unpaired) electrons. The van der Waals surface area contributed by atoms with E-state index < -0.39 is 10.0 Å². The fourth-order valence-corrected chi connectivity index (χ4v) is 4.59. The van der Waals surface area contributed by atoms with Gasteiger partial charge < -0.3 is 4.90 Å². The first-order valence-corrected chi connectivity index (χ1v) is 10.1. The number of benzene rings is 1. The summed E-state index contributed by atoms with van der Waals surface area (Å²) < 4.78 is 27.5. The number of carbonyl (C=O) groups is 1. The molecule has 1 N–H and O–H groups in total. The molecule has 1 aromatic heterocycles.